The summed E-state index contributed by atoms with van der Waals surface area (Å²) in [5, 5.41) is 0. The van der Waals surface area contributed by atoms with Crippen LogP contribution in [-0.4, -0.2) is 58.8 Å². The molecule has 9 heteroatoms. The van der Waals surface area contributed by atoms with Crippen LogP contribution in [0.2, 0.25) is 0 Å². The van der Waals surface area contributed by atoms with Crippen molar-refractivity contribution < 1.29 is 37.7 Å². The van der Waals surface area contributed by atoms with Gasteiger partial charge in [-0.2, -0.15) is 0 Å². The van der Waals surface area contributed by atoms with Crippen molar-refractivity contribution in [3.05, 3.63) is 95.6 Å². The van der Waals surface area contributed by atoms with Crippen molar-refractivity contribution in [2.24, 2.45) is 5.41 Å². The van der Waals surface area contributed by atoms with Crippen LogP contribution in [0, 0.1) is 30.1 Å². The molecule has 0 heterocycles. The molecule has 0 aliphatic heterocycles. The number of ether oxygens (including phenoxy) is 5. The molecule has 41 heavy (non-hydrogen) atoms. The van der Waals surface area contributed by atoms with E-state index in [9.17, 15) is 9.46 Å². The second-order valence-corrected chi connectivity index (χ2v) is 9.93. The van der Waals surface area contributed by atoms with Gasteiger partial charge in [-0.05, 0) is 41.0 Å². The van der Waals surface area contributed by atoms with E-state index < -0.39 is 19.3 Å². The van der Waals surface area contributed by atoms with Gasteiger partial charge in [-0.3, -0.25) is 0 Å². The summed E-state index contributed by atoms with van der Waals surface area (Å²) in [6.07, 6.45) is 10.8. The van der Waals surface area contributed by atoms with E-state index in [1.165, 1.54) is 0 Å². The Bertz CT molecular complexity index is 1240. The standard InChI is InChI=1S/C32H33O8P/c1-5-20-37-22-31(23-38-21-6-2,25-40-41(33)34)24-39-32(26-10-8-7-9-11-26,27-12-16-29(35-3)17-13-27)28-14-18-30(36-4)19-15-28/h1-2,7-19H,20-25H2,3-4H3/p+1. The van der Waals surface area contributed by atoms with E-state index in [0.717, 1.165) is 16.7 Å². The molecule has 0 aliphatic rings. The summed E-state index contributed by atoms with van der Waals surface area (Å²) in [4.78, 5) is 9.50. The molecule has 0 fully saturated rings. The van der Waals surface area contributed by atoms with Gasteiger partial charge < -0.3 is 23.7 Å². The lowest BCUT2D eigenvalue weighted by Crippen LogP contribution is -2.45. The Morgan fingerprint density at radius 2 is 1.17 bits per heavy atom. The van der Waals surface area contributed by atoms with Crippen LogP contribution in [0.4, 0.5) is 0 Å². The van der Waals surface area contributed by atoms with Gasteiger partial charge in [-0.25, -0.2) is 0 Å². The molecule has 8 nitrogen and oxygen atoms in total. The SMILES string of the molecule is C#CCOCC(COCC#C)(CO[P+](=O)O)COC(c1ccccc1)(c1ccc(OC)cc1)c1ccc(OC)cc1. The fraction of sp³-hybridized carbons (Fsp3) is 0.312. The highest BCUT2D eigenvalue weighted by Crippen LogP contribution is 2.43. The molecule has 0 spiro atoms. The van der Waals surface area contributed by atoms with Crippen molar-refractivity contribution in [1.29, 1.82) is 0 Å². The van der Waals surface area contributed by atoms with Gasteiger partial charge in [0.15, 0.2) is 0 Å². The van der Waals surface area contributed by atoms with Crippen LogP contribution in [-0.2, 0) is 28.9 Å². The van der Waals surface area contributed by atoms with Crippen molar-refractivity contribution in [2.45, 2.75) is 5.60 Å². The number of hydrogen-bond acceptors (Lipinski definition) is 7. The van der Waals surface area contributed by atoms with Gasteiger partial charge in [-0.1, -0.05) is 66.4 Å². The van der Waals surface area contributed by atoms with E-state index >= 15 is 0 Å². The van der Waals surface area contributed by atoms with Gasteiger partial charge in [0.05, 0.1) is 39.5 Å². The predicted molar refractivity (Wildman–Crippen MR) is 156 cm³/mol. The number of methoxy groups -OCH3 is 2. The van der Waals surface area contributed by atoms with Crippen LogP contribution >= 0.6 is 8.25 Å². The quantitative estimate of drug-likeness (QED) is 0.104. The first-order chi connectivity index (χ1) is 19.9. The zero-order valence-corrected chi connectivity index (χ0v) is 24.0. The number of rotatable bonds is 17. The van der Waals surface area contributed by atoms with Crippen molar-refractivity contribution in [3.8, 4) is 36.2 Å². The molecule has 214 valence electrons. The first-order valence-corrected chi connectivity index (χ1v) is 13.9. The highest BCUT2D eigenvalue weighted by molar-refractivity contribution is 7.32. The fourth-order valence-corrected chi connectivity index (χ4v) is 4.82. The molecule has 0 radical (unpaired) electrons. The fourth-order valence-electron chi connectivity index (χ4n) is 4.43. The Labute approximate surface area is 242 Å². The summed E-state index contributed by atoms with van der Waals surface area (Å²) >= 11 is 0. The van der Waals surface area contributed by atoms with Crippen LogP contribution < -0.4 is 9.47 Å². The third-order valence-electron chi connectivity index (χ3n) is 6.44. The van der Waals surface area contributed by atoms with Crippen LogP contribution in [0.1, 0.15) is 16.7 Å². The maximum atomic E-state index is 11.6. The van der Waals surface area contributed by atoms with Gasteiger partial charge in [0, 0.05) is 4.57 Å². The molecular weight excluding hydrogens is 543 g/mol. The molecule has 1 unspecified atom stereocenters. The summed E-state index contributed by atoms with van der Waals surface area (Å²) < 4.78 is 46.1. The zero-order chi connectivity index (χ0) is 29.6. The lowest BCUT2D eigenvalue weighted by atomic mass is 9.79. The minimum absolute atomic E-state index is 0.0149. The molecule has 3 aromatic carbocycles. The second kappa shape index (κ2) is 15.9. The van der Waals surface area contributed by atoms with E-state index in [4.69, 9.17) is 41.1 Å². The van der Waals surface area contributed by atoms with Gasteiger partial charge >= 0.3 is 8.25 Å². The monoisotopic (exact) mass is 577 g/mol. The second-order valence-electron chi connectivity index (χ2n) is 9.20. The third-order valence-corrected chi connectivity index (χ3v) is 6.79. The Hall–Kier alpha value is -3.72. The molecule has 0 saturated heterocycles. The van der Waals surface area contributed by atoms with Gasteiger partial charge in [-0.15, -0.1) is 22.3 Å². The summed E-state index contributed by atoms with van der Waals surface area (Å²) in [5.41, 5.74) is 0.261. The molecule has 0 saturated carbocycles. The van der Waals surface area contributed by atoms with E-state index in [1.807, 2.05) is 78.9 Å². The van der Waals surface area contributed by atoms with Gasteiger partial charge in [0.25, 0.3) is 0 Å². The Morgan fingerprint density at radius 3 is 1.59 bits per heavy atom. The third kappa shape index (κ3) is 8.39. The van der Waals surface area contributed by atoms with Crippen LogP contribution in [0.15, 0.2) is 78.9 Å². The number of benzene rings is 3. The van der Waals surface area contributed by atoms with Crippen molar-refractivity contribution in [3.63, 3.8) is 0 Å². The molecule has 0 aromatic heterocycles. The minimum atomic E-state index is -2.91. The highest BCUT2D eigenvalue weighted by Gasteiger charge is 2.43. The Balaban J connectivity index is 2.19. The van der Waals surface area contributed by atoms with Crippen molar-refractivity contribution >= 4 is 8.25 Å². The van der Waals surface area contributed by atoms with E-state index in [0.29, 0.717) is 11.5 Å². The number of terminal acetylenes is 2. The van der Waals surface area contributed by atoms with E-state index in [1.54, 1.807) is 14.2 Å². The molecule has 0 bridgehead atoms. The minimum Gasteiger partial charge on any atom is -0.497 e. The molecule has 1 N–H and O–H groups in total. The highest BCUT2D eigenvalue weighted by atomic mass is 31.1. The summed E-state index contributed by atoms with van der Waals surface area (Å²) in [6, 6.07) is 24.9. The average Bonchev–Trinajstić information content (AvgIpc) is 3.01. The first kappa shape index (κ1) is 31.8. The van der Waals surface area contributed by atoms with Crippen LogP contribution in [0.3, 0.4) is 0 Å². The molecule has 1 atom stereocenters. The Kier molecular flexibility index (Phi) is 12.3. The van der Waals surface area contributed by atoms with Crippen LogP contribution in [0.25, 0.3) is 0 Å². The summed E-state index contributed by atoms with van der Waals surface area (Å²) in [7, 11) is 0.298. The van der Waals surface area contributed by atoms with Crippen molar-refractivity contribution in [1.82, 2.24) is 0 Å². The van der Waals surface area contributed by atoms with E-state index in [-0.39, 0.29) is 39.6 Å². The lowest BCUT2D eigenvalue weighted by Gasteiger charge is -2.40. The molecular formula is C32H34O8P+. The van der Waals surface area contributed by atoms with Gasteiger partial charge in [0.1, 0.15) is 36.9 Å². The molecule has 3 rings (SSSR count). The van der Waals surface area contributed by atoms with Gasteiger partial charge in [0.2, 0.25) is 0 Å². The number of hydrogen-bond donors (Lipinski definition) is 1. The zero-order valence-electron chi connectivity index (χ0n) is 23.2. The largest absolute Gasteiger partial charge is 0.694 e. The predicted octanol–water partition coefficient (Wildman–Crippen LogP) is 4.96. The molecule has 0 aliphatic carbocycles. The lowest BCUT2D eigenvalue weighted by molar-refractivity contribution is -0.111. The normalized spacial score (nSPS) is 11.8. The summed E-state index contributed by atoms with van der Waals surface area (Å²) in [6.45, 7) is -0.184. The van der Waals surface area contributed by atoms with E-state index in [2.05, 4.69) is 11.8 Å². The molecule has 0 amide bonds. The summed E-state index contributed by atoms with van der Waals surface area (Å²) in [5.74, 6) is 6.24. The smallest absolute Gasteiger partial charge is 0.497 e. The first-order valence-electron chi connectivity index (χ1n) is 12.7. The Morgan fingerprint density at radius 1 is 0.707 bits per heavy atom. The maximum Gasteiger partial charge on any atom is 0.694 e. The van der Waals surface area contributed by atoms with Crippen LogP contribution in [0.5, 0.6) is 11.5 Å². The maximum absolute atomic E-state index is 11.6. The van der Waals surface area contributed by atoms with Crippen molar-refractivity contribution in [2.75, 3.05) is 53.9 Å². The molecule has 3 aromatic rings. The topological polar surface area (TPSA) is 92.7 Å². The average molecular weight is 578 g/mol.